The van der Waals surface area contributed by atoms with Crippen molar-refractivity contribution < 1.29 is 10.2 Å². The van der Waals surface area contributed by atoms with Crippen LogP contribution in [0.1, 0.15) is 26.7 Å². The average Bonchev–Trinajstić information content (AvgIpc) is 2.04. The lowest BCUT2D eigenvalue weighted by atomic mass is 10.2. The Morgan fingerprint density at radius 2 is 1.36 bits per heavy atom. The summed E-state index contributed by atoms with van der Waals surface area (Å²) in [5, 5.41) is 22.1. The summed E-state index contributed by atoms with van der Waals surface area (Å²) in [6.45, 7) is 4.73. The maximum Gasteiger partial charge on any atom is 0.0678 e. The van der Waals surface area contributed by atoms with Gasteiger partial charge in [0.1, 0.15) is 0 Å². The third kappa shape index (κ3) is 6.28. The second-order valence-corrected chi connectivity index (χ2v) is 2.71. The molecule has 0 rings (SSSR count). The lowest BCUT2D eigenvalue weighted by molar-refractivity contribution is 0.139. The van der Waals surface area contributed by atoms with Crippen LogP contribution in [0.5, 0.6) is 0 Å². The molecule has 0 aromatic carbocycles. The van der Waals surface area contributed by atoms with Crippen LogP contribution in [0.15, 0.2) is 0 Å². The molecule has 3 heteroatoms. The number of hydrogen-bond donors (Lipinski definition) is 2. The second kappa shape index (κ2) is 6.58. The SMILES string of the molecule is CCC(O)C[N]CC(O)CC. The highest BCUT2D eigenvalue weighted by Crippen LogP contribution is 1.90. The van der Waals surface area contributed by atoms with E-state index in [4.69, 9.17) is 10.2 Å². The summed E-state index contributed by atoms with van der Waals surface area (Å²) in [6, 6.07) is 0. The molecule has 0 aliphatic heterocycles. The summed E-state index contributed by atoms with van der Waals surface area (Å²) in [4.78, 5) is 0. The summed E-state index contributed by atoms with van der Waals surface area (Å²) in [7, 11) is 0. The number of hydrogen-bond acceptors (Lipinski definition) is 2. The van der Waals surface area contributed by atoms with Crippen molar-refractivity contribution in [3.63, 3.8) is 0 Å². The minimum absolute atomic E-state index is 0.334. The third-order valence-corrected chi connectivity index (χ3v) is 1.62. The van der Waals surface area contributed by atoms with Crippen LogP contribution in [0.3, 0.4) is 0 Å². The van der Waals surface area contributed by atoms with Gasteiger partial charge in [0.25, 0.3) is 0 Å². The van der Waals surface area contributed by atoms with E-state index < -0.39 is 0 Å². The summed E-state index contributed by atoms with van der Waals surface area (Å²) in [5.41, 5.74) is 0. The topological polar surface area (TPSA) is 54.6 Å². The predicted molar refractivity (Wildman–Crippen MR) is 44.5 cm³/mol. The number of nitrogens with zero attached hydrogens (tertiary/aromatic N) is 1. The molecule has 0 heterocycles. The summed E-state index contributed by atoms with van der Waals surface area (Å²) in [6.07, 6.45) is 0.787. The quantitative estimate of drug-likeness (QED) is 0.580. The normalized spacial score (nSPS) is 16.4. The molecule has 2 unspecified atom stereocenters. The van der Waals surface area contributed by atoms with E-state index in [1.54, 1.807) is 0 Å². The smallest absolute Gasteiger partial charge is 0.0678 e. The molecular formula is C8H18NO2. The van der Waals surface area contributed by atoms with Crippen molar-refractivity contribution in [1.29, 1.82) is 0 Å². The summed E-state index contributed by atoms with van der Waals surface area (Å²) < 4.78 is 0. The van der Waals surface area contributed by atoms with Crippen LogP contribution in [-0.2, 0) is 0 Å². The fourth-order valence-corrected chi connectivity index (χ4v) is 0.631. The zero-order valence-corrected chi connectivity index (χ0v) is 7.32. The van der Waals surface area contributed by atoms with Gasteiger partial charge in [-0.25, -0.2) is 5.32 Å². The molecule has 67 valence electrons. The molecule has 3 nitrogen and oxygen atoms in total. The molecule has 0 spiro atoms. The van der Waals surface area contributed by atoms with Gasteiger partial charge in [-0.15, -0.1) is 0 Å². The molecular weight excluding hydrogens is 142 g/mol. The van der Waals surface area contributed by atoms with E-state index in [0.717, 1.165) is 12.8 Å². The second-order valence-electron chi connectivity index (χ2n) is 2.71. The van der Waals surface area contributed by atoms with Gasteiger partial charge in [-0.05, 0) is 12.8 Å². The monoisotopic (exact) mass is 160 g/mol. The molecule has 0 saturated heterocycles. The van der Waals surface area contributed by atoms with Crippen LogP contribution in [0.4, 0.5) is 0 Å². The Hall–Kier alpha value is -0.120. The van der Waals surface area contributed by atoms with Crippen molar-refractivity contribution in [3.8, 4) is 0 Å². The van der Waals surface area contributed by atoms with Gasteiger partial charge in [-0.1, -0.05) is 13.8 Å². The van der Waals surface area contributed by atoms with Crippen molar-refractivity contribution in [2.75, 3.05) is 13.1 Å². The Labute approximate surface area is 68.4 Å². The molecule has 0 fully saturated rings. The lowest BCUT2D eigenvalue weighted by Crippen LogP contribution is -2.27. The Morgan fingerprint density at radius 1 is 1.00 bits per heavy atom. The minimum atomic E-state index is -0.334. The van der Waals surface area contributed by atoms with E-state index in [1.165, 1.54) is 0 Å². The van der Waals surface area contributed by atoms with Crippen LogP contribution < -0.4 is 5.32 Å². The lowest BCUT2D eigenvalue weighted by Gasteiger charge is -2.10. The summed E-state index contributed by atoms with van der Waals surface area (Å²) >= 11 is 0. The fourth-order valence-electron chi connectivity index (χ4n) is 0.631. The Kier molecular flexibility index (Phi) is 6.51. The van der Waals surface area contributed by atoms with Gasteiger partial charge in [-0.3, -0.25) is 0 Å². The molecule has 0 aliphatic rings. The van der Waals surface area contributed by atoms with Crippen LogP contribution >= 0.6 is 0 Å². The molecule has 2 N–H and O–H groups in total. The van der Waals surface area contributed by atoms with Crippen LogP contribution in [0.25, 0.3) is 0 Å². The first-order valence-electron chi connectivity index (χ1n) is 4.20. The third-order valence-electron chi connectivity index (χ3n) is 1.62. The van der Waals surface area contributed by atoms with Gasteiger partial charge < -0.3 is 10.2 Å². The number of aliphatic hydroxyl groups is 2. The molecule has 0 saturated carbocycles. The predicted octanol–water partition coefficient (Wildman–Crippen LogP) is 0.133. The number of rotatable bonds is 6. The maximum absolute atomic E-state index is 9.07. The molecule has 0 aliphatic carbocycles. The van der Waals surface area contributed by atoms with E-state index in [2.05, 4.69) is 5.32 Å². The Bertz CT molecular complexity index is 78.2. The van der Waals surface area contributed by atoms with Crippen molar-refractivity contribution in [2.45, 2.75) is 38.9 Å². The zero-order chi connectivity index (χ0) is 8.69. The molecule has 2 atom stereocenters. The fraction of sp³-hybridized carbons (Fsp3) is 1.00. The zero-order valence-electron chi connectivity index (χ0n) is 7.32. The van der Waals surface area contributed by atoms with Crippen molar-refractivity contribution in [2.24, 2.45) is 0 Å². The van der Waals surface area contributed by atoms with Crippen molar-refractivity contribution in [1.82, 2.24) is 5.32 Å². The van der Waals surface area contributed by atoms with Gasteiger partial charge in [0.15, 0.2) is 0 Å². The Morgan fingerprint density at radius 3 is 1.64 bits per heavy atom. The van der Waals surface area contributed by atoms with Crippen LogP contribution in [0.2, 0.25) is 0 Å². The standard InChI is InChI=1S/C8H18NO2/c1-3-7(10)5-9-6-8(11)4-2/h7-8,10-11H,3-6H2,1-2H3. The maximum atomic E-state index is 9.07. The van der Waals surface area contributed by atoms with E-state index in [-0.39, 0.29) is 12.2 Å². The molecule has 0 aromatic rings. The first-order chi connectivity index (χ1) is 5.20. The first kappa shape index (κ1) is 10.9. The van der Waals surface area contributed by atoms with Crippen molar-refractivity contribution in [3.05, 3.63) is 0 Å². The van der Waals surface area contributed by atoms with E-state index >= 15 is 0 Å². The Balaban J connectivity index is 3.13. The molecule has 1 radical (unpaired) electrons. The number of aliphatic hydroxyl groups excluding tert-OH is 2. The first-order valence-corrected chi connectivity index (χ1v) is 4.20. The molecule has 0 amide bonds. The minimum Gasteiger partial charge on any atom is -0.392 e. The largest absolute Gasteiger partial charge is 0.392 e. The van der Waals surface area contributed by atoms with E-state index in [1.807, 2.05) is 13.8 Å². The van der Waals surface area contributed by atoms with Gasteiger partial charge in [0.2, 0.25) is 0 Å². The highest BCUT2D eigenvalue weighted by molar-refractivity contribution is 4.60. The molecule has 0 bridgehead atoms. The van der Waals surface area contributed by atoms with Gasteiger partial charge in [0.05, 0.1) is 12.2 Å². The van der Waals surface area contributed by atoms with E-state index in [9.17, 15) is 0 Å². The van der Waals surface area contributed by atoms with E-state index in [0.29, 0.717) is 13.1 Å². The highest BCUT2D eigenvalue weighted by Gasteiger charge is 2.03. The van der Waals surface area contributed by atoms with Crippen molar-refractivity contribution >= 4 is 0 Å². The van der Waals surface area contributed by atoms with Crippen LogP contribution in [-0.4, -0.2) is 35.5 Å². The molecule has 0 aromatic heterocycles. The highest BCUT2D eigenvalue weighted by atomic mass is 16.3. The van der Waals surface area contributed by atoms with Gasteiger partial charge in [0, 0.05) is 13.1 Å². The van der Waals surface area contributed by atoms with Gasteiger partial charge >= 0.3 is 0 Å². The average molecular weight is 160 g/mol. The van der Waals surface area contributed by atoms with Crippen LogP contribution in [0, 0.1) is 0 Å². The van der Waals surface area contributed by atoms with Gasteiger partial charge in [-0.2, -0.15) is 0 Å². The molecule has 11 heavy (non-hydrogen) atoms. The summed E-state index contributed by atoms with van der Waals surface area (Å²) in [5.74, 6) is 0.